The molecule has 0 spiro atoms. The highest BCUT2D eigenvalue weighted by Crippen LogP contribution is 2.32. The average Bonchev–Trinajstić information content (AvgIpc) is 2.32. The zero-order valence-electron chi connectivity index (χ0n) is 9.36. The Morgan fingerprint density at radius 3 is 2.63 bits per heavy atom. The molecule has 0 aromatic heterocycles. The number of aromatic carboxylic acids is 1. The first kappa shape index (κ1) is 13.8. The second kappa shape index (κ2) is 5.59. The minimum absolute atomic E-state index is 0.0128. The summed E-state index contributed by atoms with van der Waals surface area (Å²) in [5.74, 6) is -1.93. The molecule has 3 nitrogen and oxygen atoms in total. The van der Waals surface area contributed by atoms with Crippen molar-refractivity contribution in [1.82, 2.24) is 0 Å². The maximum absolute atomic E-state index is 13.6. The van der Waals surface area contributed by atoms with E-state index in [9.17, 15) is 9.18 Å². The number of rotatable bonds is 3. The number of ether oxygens (including phenoxy) is 1. The molecule has 0 heterocycles. The highest BCUT2D eigenvalue weighted by Gasteiger charge is 2.17. The smallest absolute Gasteiger partial charge is 0.341 e. The van der Waals surface area contributed by atoms with Gasteiger partial charge in [-0.3, -0.25) is 0 Å². The molecule has 2 rings (SSSR count). The van der Waals surface area contributed by atoms with Gasteiger partial charge in [-0.05, 0) is 30.3 Å². The predicted octanol–water partition coefficient (Wildman–Crippen LogP) is 4.73. The van der Waals surface area contributed by atoms with E-state index in [1.54, 1.807) is 6.07 Å². The zero-order chi connectivity index (χ0) is 14.0. The normalized spacial score (nSPS) is 10.3. The third-order valence-corrected chi connectivity index (χ3v) is 3.11. The summed E-state index contributed by atoms with van der Waals surface area (Å²) in [6.07, 6.45) is 0. The maximum Gasteiger partial charge on any atom is 0.341 e. The molecule has 19 heavy (non-hydrogen) atoms. The molecule has 0 fully saturated rings. The van der Waals surface area contributed by atoms with Crippen molar-refractivity contribution in [2.75, 3.05) is 0 Å². The van der Waals surface area contributed by atoms with Gasteiger partial charge in [-0.25, -0.2) is 9.18 Å². The number of halogens is 3. The lowest BCUT2D eigenvalue weighted by molar-refractivity contribution is 0.0694. The lowest BCUT2D eigenvalue weighted by atomic mass is 10.2. The van der Waals surface area contributed by atoms with Crippen molar-refractivity contribution in [1.29, 1.82) is 0 Å². The van der Waals surface area contributed by atoms with Crippen LogP contribution in [-0.2, 0) is 0 Å². The van der Waals surface area contributed by atoms with Crippen molar-refractivity contribution in [3.63, 3.8) is 0 Å². The standard InChI is InChI=1S/C13H7BrClFO3/c14-7-4-5-10(9(16)6-7)19-11-3-1-2-8(15)12(11)13(17)18/h1-6H,(H,17,18). The molecule has 0 aliphatic carbocycles. The maximum atomic E-state index is 13.6. The summed E-state index contributed by atoms with van der Waals surface area (Å²) in [4.78, 5) is 11.1. The molecule has 0 bridgehead atoms. The van der Waals surface area contributed by atoms with Crippen LogP contribution in [0.4, 0.5) is 4.39 Å². The van der Waals surface area contributed by atoms with Gasteiger partial charge in [0, 0.05) is 4.47 Å². The van der Waals surface area contributed by atoms with Crippen LogP contribution in [0.25, 0.3) is 0 Å². The number of hydrogen-bond donors (Lipinski definition) is 1. The van der Waals surface area contributed by atoms with Crippen molar-refractivity contribution in [3.05, 3.63) is 57.3 Å². The fourth-order valence-electron chi connectivity index (χ4n) is 1.47. The highest BCUT2D eigenvalue weighted by molar-refractivity contribution is 9.10. The highest BCUT2D eigenvalue weighted by atomic mass is 79.9. The van der Waals surface area contributed by atoms with Crippen molar-refractivity contribution in [2.24, 2.45) is 0 Å². The number of carboxylic acid groups (broad SMARTS) is 1. The predicted molar refractivity (Wildman–Crippen MR) is 72.6 cm³/mol. The van der Waals surface area contributed by atoms with Gasteiger partial charge in [-0.2, -0.15) is 0 Å². The van der Waals surface area contributed by atoms with Gasteiger partial charge < -0.3 is 9.84 Å². The summed E-state index contributed by atoms with van der Waals surface area (Å²) in [6, 6.07) is 8.57. The lowest BCUT2D eigenvalue weighted by Crippen LogP contribution is -2.01. The van der Waals surface area contributed by atoms with Gasteiger partial charge in [-0.1, -0.05) is 33.6 Å². The Kier molecular flexibility index (Phi) is 4.07. The number of benzene rings is 2. The molecule has 0 aliphatic heterocycles. The molecule has 0 radical (unpaired) electrons. The largest absolute Gasteiger partial charge is 0.478 e. The number of hydrogen-bond acceptors (Lipinski definition) is 2. The Hall–Kier alpha value is -1.59. The van der Waals surface area contributed by atoms with Crippen LogP contribution < -0.4 is 4.74 Å². The Morgan fingerprint density at radius 1 is 1.26 bits per heavy atom. The Bertz CT molecular complexity index is 646. The molecule has 6 heteroatoms. The van der Waals surface area contributed by atoms with E-state index in [4.69, 9.17) is 21.4 Å². The van der Waals surface area contributed by atoms with Crippen molar-refractivity contribution in [2.45, 2.75) is 0 Å². The topological polar surface area (TPSA) is 46.5 Å². The van der Waals surface area contributed by atoms with Gasteiger partial charge in [0.1, 0.15) is 11.3 Å². The Morgan fingerprint density at radius 2 is 2.00 bits per heavy atom. The van der Waals surface area contributed by atoms with Gasteiger partial charge in [0.25, 0.3) is 0 Å². The fourth-order valence-corrected chi connectivity index (χ4v) is 2.05. The van der Waals surface area contributed by atoms with E-state index in [0.717, 1.165) is 0 Å². The second-order valence-corrected chi connectivity index (χ2v) is 4.92. The van der Waals surface area contributed by atoms with E-state index in [1.165, 1.54) is 30.3 Å². The van der Waals surface area contributed by atoms with Gasteiger partial charge >= 0.3 is 5.97 Å². The van der Waals surface area contributed by atoms with E-state index in [2.05, 4.69) is 15.9 Å². The van der Waals surface area contributed by atoms with Gasteiger partial charge in [0.2, 0.25) is 0 Å². The zero-order valence-corrected chi connectivity index (χ0v) is 11.7. The number of carboxylic acids is 1. The minimum Gasteiger partial charge on any atom is -0.478 e. The first-order chi connectivity index (χ1) is 8.99. The van der Waals surface area contributed by atoms with Crippen molar-refractivity contribution >= 4 is 33.5 Å². The van der Waals surface area contributed by atoms with Crippen LogP contribution >= 0.6 is 27.5 Å². The second-order valence-electron chi connectivity index (χ2n) is 3.59. The van der Waals surface area contributed by atoms with E-state index in [-0.39, 0.29) is 22.1 Å². The minimum atomic E-state index is -1.24. The molecule has 0 atom stereocenters. The fraction of sp³-hybridized carbons (Fsp3) is 0. The molecule has 0 unspecified atom stereocenters. The molecule has 0 aliphatic rings. The quantitative estimate of drug-likeness (QED) is 0.874. The van der Waals surface area contributed by atoms with Crippen LogP contribution in [-0.4, -0.2) is 11.1 Å². The summed E-state index contributed by atoms with van der Waals surface area (Å²) in [6.45, 7) is 0. The van der Waals surface area contributed by atoms with Crippen LogP contribution in [0, 0.1) is 5.82 Å². The third-order valence-electron chi connectivity index (χ3n) is 2.30. The van der Waals surface area contributed by atoms with Gasteiger partial charge in [-0.15, -0.1) is 0 Å². The van der Waals surface area contributed by atoms with Crippen LogP contribution in [0.1, 0.15) is 10.4 Å². The molecule has 0 saturated heterocycles. The summed E-state index contributed by atoms with van der Waals surface area (Å²) in [7, 11) is 0. The van der Waals surface area contributed by atoms with E-state index in [1.807, 2.05) is 0 Å². The lowest BCUT2D eigenvalue weighted by Gasteiger charge is -2.10. The summed E-state index contributed by atoms with van der Waals surface area (Å²) < 4.78 is 19.5. The molecule has 0 saturated carbocycles. The average molecular weight is 346 g/mol. The van der Waals surface area contributed by atoms with Crippen LogP contribution in [0.5, 0.6) is 11.5 Å². The molecule has 1 N–H and O–H groups in total. The third kappa shape index (κ3) is 3.05. The summed E-state index contributed by atoms with van der Waals surface area (Å²) in [5.41, 5.74) is -0.202. The molecule has 2 aromatic rings. The SMILES string of the molecule is O=C(O)c1c(Cl)cccc1Oc1ccc(Br)cc1F. The van der Waals surface area contributed by atoms with Gasteiger partial charge in [0.05, 0.1) is 5.02 Å². The molecule has 2 aromatic carbocycles. The number of carbonyl (C=O) groups is 1. The molecular formula is C13H7BrClFO3. The van der Waals surface area contributed by atoms with Crippen molar-refractivity contribution < 1.29 is 19.0 Å². The van der Waals surface area contributed by atoms with Crippen LogP contribution in [0.3, 0.4) is 0 Å². The Labute approximate surface area is 121 Å². The first-order valence-electron chi connectivity index (χ1n) is 5.13. The summed E-state index contributed by atoms with van der Waals surface area (Å²) in [5, 5.41) is 9.10. The summed E-state index contributed by atoms with van der Waals surface area (Å²) >= 11 is 8.91. The van der Waals surface area contributed by atoms with Crippen LogP contribution in [0.15, 0.2) is 40.9 Å². The monoisotopic (exact) mass is 344 g/mol. The molecular weight excluding hydrogens is 338 g/mol. The Balaban J connectivity index is 2.44. The molecule has 98 valence electrons. The first-order valence-corrected chi connectivity index (χ1v) is 6.31. The van der Waals surface area contributed by atoms with Crippen LogP contribution in [0.2, 0.25) is 5.02 Å². The van der Waals surface area contributed by atoms with E-state index >= 15 is 0 Å². The molecule has 0 amide bonds. The van der Waals surface area contributed by atoms with Gasteiger partial charge in [0.15, 0.2) is 11.6 Å². The van der Waals surface area contributed by atoms with E-state index < -0.39 is 11.8 Å². The van der Waals surface area contributed by atoms with E-state index in [0.29, 0.717) is 4.47 Å². The van der Waals surface area contributed by atoms with Crippen molar-refractivity contribution in [3.8, 4) is 11.5 Å².